The highest BCUT2D eigenvalue weighted by Crippen LogP contribution is 2.34. The molecule has 2 heterocycles. The third kappa shape index (κ3) is 6.43. The van der Waals surface area contributed by atoms with Crippen molar-refractivity contribution >= 4 is 40.2 Å². The van der Waals surface area contributed by atoms with E-state index in [1.807, 2.05) is 36.7 Å². The summed E-state index contributed by atoms with van der Waals surface area (Å²) < 4.78 is 2.12. The summed E-state index contributed by atoms with van der Waals surface area (Å²) in [4.78, 5) is 21.9. The van der Waals surface area contributed by atoms with Crippen molar-refractivity contribution in [1.29, 1.82) is 0 Å². The van der Waals surface area contributed by atoms with Crippen LogP contribution in [0.2, 0.25) is 5.02 Å². The first-order valence-electron chi connectivity index (χ1n) is 13.6. The van der Waals surface area contributed by atoms with Crippen LogP contribution in [0.5, 0.6) is 0 Å². The van der Waals surface area contributed by atoms with Crippen LogP contribution in [0.1, 0.15) is 31.0 Å². The molecular weight excluding hydrogens is 518 g/mol. The topological polar surface area (TPSA) is 53.3 Å². The Labute approximate surface area is 241 Å². The van der Waals surface area contributed by atoms with Crippen molar-refractivity contribution in [2.24, 2.45) is 0 Å². The van der Waals surface area contributed by atoms with E-state index in [1.165, 1.54) is 5.56 Å². The van der Waals surface area contributed by atoms with Crippen molar-refractivity contribution in [3.05, 3.63) is 107 Å². The monoisotopic (exact) mass is 553 g/mol. The Bertz CT molecular complexity index is 1530. The number of rotatable bonds is 11. The van der Waals surface area contributed by atoms with Gasteiger partial charge in [0.05, 0.1) is 6.33 Å². The number of nitrogens with zero attached hydrogens (tertiary/aromatic N) is 7. The second-order valence-electron chi connectivity index (χ2n) is 10.5. The fraction of sp³-hybridized carbons (Fsp3) is 0.281. The molecule has 0 saturated heterocycles. The molecule has 0 aliphatic carbocycles. The number of hydrogen-bond acceptors (Lipinski definition) is 6. The molecule has 8 heteroatoms. The number of halogens is 1. The molecule has 5 aromatic rings. The summed E-state index contributed by atoms with van der Waals surface area (Å²) in [5.74, 6) is 1.43. The molecule has 0 atom stereocenters. The van der Waals surface area contributed by atoms with Crippen LogP contribution >= 0.6 is 11.6 Å². The number of aromatic nitrogens is 4. The Morgan fingerprint density at radius 1 is 0.800 bits per heavy atom. The molecule has 0 unspecified atom stereocenters. The molecule has 0 spiro atoms. The second kappa shape index (κ2) is 12.5. The summed E-state index contributed by atoms with van der Waals surface area (Å²) in [5.41, 5.74) is 4.90. The van der Waals surface area contributed by atoms with Crippen LogP contribution in [0.25, 0.3) is 11.2 Å². The number of benzene rings is 3. The van der Waals surface area contributed by atoms with Crippen molar-refractivity contribution in [3.8, 4) is 0 Å². The van der Waals surface area contributed by atoms with E-state index in [9.17, 15) is 0 Å². The Kier molecular flexibility index (Phi) is 8.63. The van der Waals surface area contributed by atoms with Crippen molar-refractivity contribution < 1.29 is 0 Å². The first-order valence-corrected chi connectivity index (χ1v) is 14.0. The van der Waals surface area contributed by atoms with Crippen LogP contribution in [0.4, 0.5) is 17.5 Å². The van der Waals surface area contributed by atoms with Gasteiger partial charge in [-0.1, -0.05) is 78.3 Å². The summed E-state index contributed by atoms with van der Waals surface area (Å²) in [7, 11) is 4.18. The van der Waals surface area contributed by atoms with Crippen molar-refractivity contribution in [2.45, 2.75) is 33.0 Å². The van der Waals surface area contributed by atoms with Gasteiger partial charge in [0.25, 0.3) is 0 Å². The van der Waals surface area contributed by atoms with Gasteiger partial charge < -0.3 is 19.3 Å². The standard InChI is InChI=1S/C32H36ClN7/c1-24(2)40-23-34-29-30(39(22-26-14-9-6-10-15-26)28-17-11-16-27(33)20-28)35-32(36-31(29)40)38(19-18-37(3)4)21-25-12-7-5-8-13-25/h5-17,20,23-24H,18-19,21-22H2,1-4H3. The minimum Gasteiger partial charge on any atom is -0.335 e. The van der Waals surface area contributed by atoms with Gasteiger partial charge in [-0.25, -0.2) is 4.98 Å². The van der Waals surface area contributed by atoms with Crippen LogP contribution in [-0.2, 0) is 13.1 Å². The van der Waals surface area contributed by atoms with E-state index in [4.69, 9.17) is 26.6 Å². The van der Waals surface area contributed by atoms with E-state index >= 15 is 0 Å². The van der Waals surface area contributed by atoms with E-state index < -0.39 is 0 Å². The molecule has 0 bridgehead atoms. The van der Waals surface area contributed by atoms with Crippen molar-refractivity contribution in [1.82, 2.24) is 24.4 Å². The van der Waals surface area contributed by atoms with Gasteiger partial charge in [0.2, 0.25) is 5.95 Å². The number of anilines is 3. The van der Waals surface area contributed by atoms with Gasteiger partial charge in [-0.2, -0.15) is 9.97 Å². The van der Waals surface area contributed by atoms with Crippen LogP contribution < -0.4 is 9.80 Å². The van der Waals surface area contributed by atoms with Gasteiger partial charge in [0.15, 0.2) is 17.0 Å². The van der Waals surface area contributed by atoms with Gasteiger partial charge in [-0.15, -0.1) is 0 Å². The van der Waals surface area contributed by atoms with E-state index in [1.54, 1.807) is 0 Å². The molecule has 206 valence electrons. The number of fused-ring (bicyclic) bond motifs is 1. The Morgan fingerprint density at radius 3 is 2.10 bits per heavy atom. The highest BCUT2D eigenvalue weighted by Gasteiger charge is 2.24. The predicted octanol–water partition coefficient (Wildman–Crippen LogP) is 6.97. The van der Waals surface area contributed by atoms with Gasteiger partial charge in [-0.3, -0.25) is 0 Å². The van der Waals surface area contributed by atoms with Gasteiger partial charge >= 0.3 is 0 Å². The Morgan fingerprint density at radius 2 is 1.48 bits per heavy atom. The van der Waals surface area contributed by atoms with Crippen LogP contribution in [0.15, 0.2) is 91.3 Å². The quantitative estimate of drug-likeness (QED) is 0.176. The third-order valence-corrected chi connectivity index (χ3v) is 7.06. The summed E-state index contributed by atoms with van der Waals surface area (Å²) in [6.45, 7) is 7.25. The van der Waals surface area contributed by atoms with E-state index in [-0.39, 0.29) is 6.04 Å². The molecule has 3 aromatic carbocycles. The van der Waals surface area contributed by atoms with E-state index in [0.29, 0.717) is 24.1 Å². The number of hydrogen-bond donors (Lipinski definition) is 0. The van der Waals surface area contributed by atoms with E-state index in [0.717, 1.165) is 41.3 Å². The molecule has 0 amide bonds. The van der Waals surface area contributed by atoms with Crippen molar-refractivity contribution in [3.63, 3.8) is 0 Å². The second-order valence-corrected chi connectivity index (χ2v) is 11.0. The molecule has 5 rings (SSSR count). The zero-order valence-corrected chi connectivity index (χ0v) is 24.3. The number of likely N-dealkylation sites (N-methyl/N-ethyl adjacent to an activating group) is 1. The molecule has 0 saturated carbocycles. The minimum absolute atomic E-state index is 0.193. The first kappa shape index (κ1) is 27.6. The predicted molar refractivity (Wildman–Crippen MR) is 165 cm³/mol. The molecule has 0 fully saturated rings. The zero-order valence-electron chi connectivity index (χ0n) is 23.6. The normalized spacial score (nSPS) is 11.5. The first-order chi connectivity index (χ1) is 19.4. The summed E-state index contributed by atoms with van der Waals surface area (Å²) in [6.07, 6.45) is 1.87. The molecule has 2 aromatic heterocycles. The highest BCUT2D eigenvalue weighted by molar-refractivity contribution is 6.30. The van der Waals surface area contributed by atoms with Gasteiger partial charge in [0, 0.05) is 42.9 Å². The lowest BCUT2D eigenvalue weighted by Gasteiger charge is -2.28. The lowest BCUT2D eigenvalue weighted by atomic mass is 10.2. The fourth-order valence-corrected chi connectivity index (χ4v) is 4.86. The fourth-order valence-electron chi connectivity index (χ4n) is 4.67. The van der Waals surface area contributed by atoms with Gasteiger partial charge in [-0.05, 0) is 57.3 Å². The lowest BCUT2D eigenvalue weighted by Crippen LogP contribution is -2.33. The largest absolute Gasteiger partial charge is 0.335 e. The summed E-state index contributed by atoms with van der Waals surface area (Å²) >= 11 is 6.49. The molecular formula is C32H36ClN7. The highest BCUT2D eigenvalue weighted by atomic mass is 35.5. The molecule has 40 heavy (non-hydrogen) atoms. The minimum atomic E-state index is 0.193. The van der Waals surface area contributed by atoms with Crippen molar-refractivity contribution in [2.75, 3.05) is 37.0 Å². The maximum Gasteiger partial charge on any atom is 0.229 e. The Hall–Kier alpha value is -3.94. The maximum atomic E-state index is 6.49. The van der Waals surface area contributed by atoms with Crippen LogP contribution in [-0.4, -0.2) is 51.6 Å². The molecule has 0 aliphatic heterocycles. The molecule has 0 radical (unpaired) electrons. The third-order valence-electron chi connectivity index (χ3n) is 6.82. The maximum absolute atomic E-state index is 6.49. The average Bonchev–Trinajstić information content (AvgIpc) is 3.39. The van der Waals surface area contributed by atoms with Gasteiger partial charge in [0.1, 0.15) is 0 Å². The lowest BCUT2D eigenvalue weighted by molar-refractivity contribution is 0.411. The molecule has 7 nitrogen and oxygen atoms in total. The van der Waals surface area contributed by atoms with E-state index in [2.05, 4.69) is 102 Å². The summed E-state index contributed by atoms with van der Waals surface area (Å²) in [5, 5.41) is 0.672. The van der Waals surface area contributed by atoms with Crippen LogP contribution in [0.3, 0.4) is 0 Å². The Balaban J connectivity index is 1.69. The van der Waals surface area contributed by atoms with Crippen LogP contribution in [0, 0.1) is 0 Å². The SMILES string of the molecule is CC(C)n1cnc2c(N(Cc3ccccc3)c3cccc(Cl)c3)nc(N(CCN(C)C)Cc3ccccc3)nc21. The smallest absolute Gasteiger partial charge is 0.229 e. The molecule has 0 aliphatic rings. The number of imidazole rings is 1. The zero-order chi connectivity index (χ0) is 28.1. The molecule has 0 N–H and O–H groups in total. The average molecular weight is 554 g/mol. The summed E-state index contributed by atoms with van der Waals surface area (Å²) in [6, 6.07) is 29.0.